The molecular formula is C14H23NO2. The zero-order valence-corrected chi connectivity index (χ0v) is 11.5. The van der Waals surface area contributed by atoms with Crippen LogP contribution in [-0.2, 0) is 6.42 Å². The second kappa shape index (κ2) is 6.50. The summed E-state index contributed by atoms with van der Waals surface area (Å²) in [4.78, 5) is 0. The number of hydrogen-bond donors (Lipinski definition) is 1. The summed E-state index contributed by atoms with van der Waals surface area (Å²) in [5.41, 5.74) is 2.28. The molecular weight excluding hydrogens is 214 g/mol. The van der Waals surface area contributed by atoms with Gasteiger partial charge in [0.2, 0.25) is 0 Å². The number of aryl methyl sites for hydroxylation is 1. The first-order chi connectivity index (χ1) is 8.12. The predicted octanol–water partition coefficient (Wildman–Crippen LogP) is 2.55. The number of hydrogen-bond acceptors (Lipinski definition) is 3. The highest BCUT2D eigenvalue weighted by atomic mass is 16.5. The summed E-state index contributed by atoms with van der Waals surface area (Å²) < 4.78 is 10.8. The smallest absolute Gasteiger partial charge is 0.122 e. The highest BCUT2D eigenvalue weighted by Gasteiger charge is 2.11. The van der Waals surface area contributed by atoms with Crippen molar-refractivity contribution in [2.24, 2.45) is 0 Å². The normalized spacial score (nSPS) is 12.3. The summed E-state index contributed by atoms with van der Waals surface area (Å²) >= 11 is 0. The maximum atomic E-state index is 5.42. The minimum atomic E-state index is 0.432. The van der Waals surface area contributed by atoms with Gasteiger partial charge in [0.1, 0.15) is 11.5 Å². The van der Waals surface area contributed by atoms with Gasteiger partial charge in [0.15, 0.2) is 0 Å². The number of likely N-dealkylation sites (N-methyl/N-ethyl adjacent to an activating group) is 1. The summed E-state index contributed by atoms with van der Waals surface area (Å²) in [5.74, 6) is 1.86. The van der Waals surface area contributed by atoms with Gasteiger partial charge < -0.3 is 14.8 Å². The van der Waals surface area contributed by atoms with Crippen LogP contribution in [0, 0.1) is 6.92 Å². The molecule has 17 heavy (non-hydrogen) atoms. The van der Waals surface area contributed by atoms with Crippen LogP contribution in [0.15, 0.2) is 12.1 Å². The first kappa shape index (κ1) is 13.8. The fourth-order valence-electron chi connectivity index (χ4n) is 2.02. The Hall–Kier alpha value is -1.22. The van der Waals surface area contributed by atoms with Crippen LogP contribution in [0.3, 0.4) is 0 Å². The molecule has 0 aliphatic rings. The zero-order chi connectivity index (χ0) is 12.8. The van der Waals surface area contributed by atoms with Crippen LogP contribution >= 0.6 is 0 Å². The van der Waals surface area contributed by atoms with Crippen molar-refractivity contribution < 1.29 is 9.47 Å². The molecule has 0 aliphatic carbocycles. The molecule has 0 fully saturated rings. The molecule has 0 saturated heterocycles. The van der Waals surface area contributed by atoms with E-state index >= 15 is 0 Å². The molecule has 0 radical (unpaired) electrons. The fourth-order valence-corrected chi connectivity index (χ4v) is 2.02. The summed E-state index contributed by atoms with van der Waals surface area (Å²) in [6, 6.07) is 4.54. The maximum Gasteiger partial charge on any atom is 0.122 e. The van der Waals surface area contributed by atoms with Crippen LogP contribution in [0.5, 0.6) is 11.5 Å². The van der Waals surface area contributed by atoms with Crippen LogP contribution in [0.4, 0.5) is 0 Å². The fraction of sp³-hybridized carbons (Fsp3) is 0.571. The number of ether oxygens (including phenoxy) is 2. The van der Waals surface area contributed by atoms with E-state index in [0.29, 0.717) is 6.04 Å². The molecule has 0 aromatic heterocycles. The number of rotatable bonds is 6. The number of nitrogens with one attached hydrogen (secondary N) is 1. The van der Waals surface area contributed by atoms with Gasteiger partial charge >= 0.3 is 0 Å². The van der Waals surface area contributed by atoms with Crippen molar-refractivity contribution in [3.05, 3.63) is 23.3 Å². The molecule has 1 aromatic carbocycles. The second-order valence-electron chi connectivity index (χ2n) is 4.30. The average Bonchev–Trinajstić information content (AvgIpc) is 2.31. The van der Waals surface area contributed by atoms with Crippen molar-refractivity contribution >= 4 is 0 Å². The molecule has 0 spiro atoms. The van der Waals surface area contributed by atoms with Crippen molar-refractivity contribution in [2.45, 2.75) is 33.2 Å². The molecule has 0 saturated carbocycles. The van der Waals surface area contributed by atoms with E-state index in [2.05, 4.69) is 25.2 Å². The van der Waals surface area contributed by atoms with E-state index in [-0.39, 0.29) is 0 Å². The lowest BCUT2D eigenvalue weighted by Gasteiger charge is -2.17. The molecule has 1 N–H and O–H groups in total. The first-order valence-electron chi connectivity index (χ1n) is 6.07. The van der Waals surface area contributed by atoms with Gasteiger partial charge in [0.05, 0.1) is 14.2 Å². The minimum absolute atomic E-state index is 0.432. The summed E-state index contributed by atoms with van der Waals surface area (Å²) in [5, 5.41) is 3.40. The lowest BCUT2D eigenvalue weighted by Crippen LogP contribution is -2.27. The highest BCUT2D eigenvalue weighted by molar-refractivity contribution is 5.46. The van der Waals surface area contributed by atoms with Crippen molar-refractivity contribution in [1.29, 1.82) is 0 Å². The monoisotopic (exact) mass is 237 g/mol. The van der Waals surface area contributed by atoms with Crippen LogP contribution < -0.4 is 14.8 Å². The Kier molecular flexibility index (Phi) is 5.29. The van der Waals surface area contributed by atoms with Crippen molar-refractivity contribution in [3.63, 3.8) is 0 Å². The van der Waals surface area contributed by atoms with Gasteiger partial charge in [0.25, 0.3) is 0 Å². The van der Waals surface area contributed by atoms with E-state index in [4.69, 9.17) is 9.47 Å². The van der Waals surface area contributed by atoms with Gasteiger partial charge in [-0.2, -0.15) is 0 Å². The third kappa shape index (κ3) is 3.63. The maximum absolute atomic E-state index is 5.42. The quantitative estimate of drug-likeness (QED) is 0.825. The topological polar surface area (TPSA) is 30.5 Å². The van der Waals surface area contributed by atoms with Gasteiger partial charge in [-0.1, -0.05) is 6.92 Å². The Morgan fingerprint density at radius 1 is 1.18 bits per heavy atom. The molecule has 1 rings (SSSR count). The molecule has 0 amide bonds. The van der Waals surface area contributed by atoms with Gasteiger partial charge in [-0.05, 0) is 50.1 Å². The molecule has 1 aromatic rings. The first-order valence-corrected chi connectivity index (χ1v) is 6.07. The van der Waals surface area contributed by atoms with Gasteiger partial charge in [-0.25, -0.2) is 0 Å². The molecule has 3 heteroatoms. The summed E-state index contributed by atoms with van der Waals surface area (Å²) in [6.45, 7) is 7.30. The Labute approximate surface area is 104 Å². The average molecular weight is 237 g/mol. The van der Waals surface area contributed by atoms with E-state index < -0.39 is 0 Å². The summed E-state index contributed by atoms with van der Waals surface area (Å²) in [7, 11) is 3.41. The Morgan fingerprint density at radius 3 is 2.35 bits per heavy atom. The Bertz CT molecular complexity index is 363. The highest BCUT2D eigenvalue weighted by Crippen LogP contribution is 2.29. The molecule has 0 unspecified atom stereocenters. The molecule has 0 aliphatic heterocycles. The largest absolute Gasteiger partial charge is 0.496 e. The molecule has 0 heterocycles. The van der Waals surface area contributed by atoms with Crippen molar-refractivity contribution in [1.82, 2.24) is 5.32 Å². The van der Waals surface area contributed by atoms with E-state index in [9.17, 15) is 0 Å². The van der Waals surface area contributed by atoms with Crippen molar-refractivity contribution in [2.75, 3.05) is 20.8 Å². The van der Waals surface area contributed by atoms with E-state index in [1.807, 2.05) is 13.0 Å². The van der Waals surface area contributed by atoms with Crippen LogP contribution in [0.2, 0.25) is 0 Å². The number of benzene rings is 1. The Morgan fingerprint density at radius 2 is 1.82 bits per heavy atom. The van der Waals surface area contributed by atoms with Crippen molar-refractivity contribution in [3.8, 4) is 11.5 Å². The van der Waals surface area contributed by atoms with Gasteiger partial charge in [0, 0.05) is 6.04 Å². The molecule has 3 nitrogen and oxygen atoms in total. The van der Waals surface area contributed by atoms with E-state index in [1.54, 1.807) is 14.2 Å². The lowest BCUT2D eigenvalue weighted by molar-refractivity contribution is 0.394. The SMILES string of the molecule is CCN[C@H](C)Cc1cc(OC)c(C)cc1OC. The third-order valence-corrected chi connectivity index (χ3v) is 2.88. The van der Waals surface area contributed by atoms with Gasteiger partial charge in [-0.3, -0.25) is 0 Å². The second-order valence-corrected chi connectivity index (χ2v) is 4.30. The van der Waals surface area contributed by atoms with E-state index in [1.165, 1.54) is 5.56 Å². The lowest BCUT2D eigenvalue weighted by atomic mass is 10.0. The molecule has 96 valence electrons. The zero-order valence-electron chi connectivity index (χ0n) is 11.5. The van der Waals surface area contributed by atoms with E-state index in [0.717, 1.165) is 30.0 Å². The third-order valence-electron chi connectivity index (χ3n) is 2.88. The standard InChI is InChI=1S/C14H23NO2/c1-6-15-11(3)8-12-9-13(16-4)10(2)7-14(12)17-5/h7,9,11,15H,6,8H2,1-5H3/t11-/m1/s1. The van der Waals surface area contributed by atoms with Crippen LogP contribution in [0.1, 0.15) is 25.0 Å². The molecule has 1 atom stereocenters. The van der Waals surface area contributed by atoms with Gasteiger partial charge in [-0.15, -0.1) is 0 Å². The van der Waals surface area contributed by atoms with Crippen LogP contribution in [0.25, 0.3) is 0 Å². The Balaban J connectivity index is 2.95. The van der Waals surface area contributed by atoms with Crippen LogP contribution in [-0.4, -0.2) is 26.8 Å². The summed E-state index contributed by atoms with van der Waals surface area (Å²) in [6.07, 6.45) is 0.938. The predicted molar refractivity (Wildman–Crippen MR) is 71.1 cm³/mol. The minimum Gasteiger partial charge on any atom is -0.496 e. The number of methoxy groups -OCH3 is 2. The molecule has 0 bridgehead atoms.